The zero-order chi connectivity index (χ0) is 20.5. The van der Waals surface area contributed by atoms with Gasteiger partial charge in [-0.05, 0) is 41.3 Å². The van der Waals surface area contributed by atoms with E-state index in [-0.39, 0.29) is 5.91 Å². The second-order valence-corrected chi connectivity index (χ2v) is 6.90. The van der Waals surface area contributed by atoms with Crippen molar-refractivity contribution < 1.29 is 14.3 Å². The lowest BCUT2D eigenvalue weighted by molar-refractivity contribution is -0.132. The van der Waals surface area contributed by atoms with Crippen LogP contribution in [0.3, 0.4) is 0 Å². The number of nitrogens with zero attached hydrogens (tertiary/aromatic N) is 1. The number of ether oxygens (including phenoxy) is 2. The van der Waals surface area contributed by atoms with E-state index in [4.69, 9.17) is 9.47 Å². The summed E-state index contributed by atoms with van der Waals surface area (Å²) >= 11 is 0. The van der Waals surface area contributed by atoms with E-state index in [0.29, 0.717) is 25.9 Å². The van der Waals surface area contributed by atoms with E-state index in [9.17, 15) is 4.79 Å². The Balaban J connectivity index is 1.74. The summed E-state index contributed by atoms with van der Waals surface area (Å²) in [5, 5.41) is 0. The Kier molecular flexibility index (Phi) is 7.28. The number of aryl methyl sites for hydroxylation is 1. The Bertz CT molecular complexity index is 868. The first-order chi connectivity index (χ1) is 14.2. The number of benzene rings is 3. The summed E-state index contributed by atoms with van der Waals surface area (Å²) in [6.07, 6.45) is 1.00. The first-order valence-corrected chi connectivity index (χ1v) is 9.76. The molecule has 0 saturated carbocycles. The van der Waals surface area contributed by atoms with Gasteiger partial charge in [-0.15, -0.1) is 0 Å². The fraction of sp³-hybridized carbons (Fsp3) is 0.240. The number of amides is 1. The molecule has 29 heavy (non-hydrogen) atoms. The van der Waals surface area contributed by atoms with E-state index in [2.05, 4.69) is 24.3 Å². The minimum absolute atomic E-state index is 0.113. The molecule has 0 N–H and O–H groups in total. The summed E-state index contributed by atoms with van der Waals surface area (Å²) in [4.78, 5) is 15.0. The Morgan fingerprint density at radius 2 is 1.38 bits per heavy atom. The summed E-state index contributed by atoms with van der Waals surface area (Å²) in [7, 11) is 3.28. The van der Waals surface area contributed by atoms with Crippen molar-refractivity contribution in [1.29, 1.82) is 0 Å². The molecular formula is C25H27NO3. The van der Waals surface area contributed by atoms with Gasteiger partial charge in [0.2, 0.25) is 5.91 Å². The van der Waals surface area contributed by atoms with Crippen molar-refractivity contribution in [1.82, 2.24) is 4.90 Å². The van der Waals surface area contributed by atoms with Gasteiger partial charge in [0.05, 0.1) is 14.2 Å². The first-order valence-electron chi connectivity index (χ1n) is 9.76. The second-order valence-electron chi connectivity index (χ2n) is 6.90. The van der Waals surface area contributed by atoms with Gasteiger partial charge >= 0.3 is 0 Å². The van der Waals surface area contributed by atoms with Gasteiger partial charge in [0.25, 0.3) is 0 Å². The molecule has 0 unspecified atom stereocenters. The van der Waals surface area contributed by atoms with Gasteiger partial charge in [-0.3, -0.25) is 4.79 Å². The average Bonchev–Trinajstić information content (AvgIpc) is 2.78. The summed E-state index contributed by atoms with van der Waals surface area (Å²) in [6.45, 7) is 1.17. The quantitative estimate of drug-likeness (QED) is 0.524. The molecule has 0 spiro atoms. The molecule has 1 amide bonds. The molecule has 0 saturated heterocycles. The Hall–Kier alpha value is -3.27. The van der Waals surface area contributed by atoms with Crippen molar-refractivity contribution in [2.24, 2.45) is 0 Å². The molecule has 0 aliphatic rings. The zero-order valence-electron chi connectivity index (χ0n) is 17.0. The first kappa shape index (κ1) is 20.5. The van der Waals surface area contributed by atoms with Crippen LogP contribution in [0.1, 0.15) is 23.1 Å². The van der Waals surface area contributed by atoms with Gasteiger partial charge in [-0.2, -0.15) is 0 Å². The molecule has 0 fully saturated rings. The number of hydrogen-bond acceptors (Lipinski definition) is 3. The van der Waals surface area contributed by atoms with Gasteiger partial charge in [-0.1, -0.05) is 60.7 Å². The summed E-state index contributed by atoms with van der Waals surface area (Å²) < 4.78 is 10.8. The van der Waals surface area contributed by atoms with Crippen LogP contribution in [0.4, 0.5) is 0 Å². The molecule has 3 aromatic rings. The van der Waals surface area contributed by atoms with E-state index in [1.54, 1.807) is 14.2 Å². The zero-order valence-corrected chi connectivity index (χ0v) is 17.0. The molecule has 0 aliphatic carbocycles. The summed E-state index contributed by atoms with van der Waals surface area (Å²) in [6, 6.07) is 25.9. The van der Waals surface area contributed by atoms with E-state index in [1.807, 2.05) is 59.5 Å². The van der Waals surface area contributed by atoms with Crippen LogP contribution >= 0.6 is 0 Å². The van der Waals surface area contributed by atoms with Crippen LogP contribution in [0, 0.1) is 0 Å². The van der Waals surface area contributed by atoms with Crippen LogP contribution in [0.25, 0.3) is 0 Å². The molecule has 3 aromatic carbocycles. The van der Waals surface area contributed by atoms with Crippen molar-refractivity contribution >= 4 is 5.91 Å². The highest BCUT2D eigenvalue weighted by atomic mass is 16.5. The number of hydrogen-bond donors (Lipinski definition) is 0. The van der Waals surface area contributed by atoms with E-state index in [1.165, 1.54) is 0 Å². The largest absolute Gasteiger partial charge is 0.497 e. The third-order valence-corrected chi connectivity index (χ3v) is 4.88. The highest BCUT2D eigenvalue weighted by molar-refractivity contribution is 5.76. The topological polar surface area (TPSA) is 38.8 Å². The Morgan fingerprint density at radius 3 is 1.90 bits per heavy atom. The molecule has 0 radical (unpaired) electrons. The number of carbonyl (C=O) groups is 1. The van der Waals surface area contributed by atoms with Gasteiger partial charge in [0.1, 0.15) is 11.5 Å². The fourth-order valence-electron chi connectivity index (χ4n) is 3.32. The predicted octanol–water partition coefficient (Wildman–Crippen LogP) is 4.87. The number of methoxy groups -OCH3 is 2. The highest BCUT2D eigenvalue weighted by Crippen LogP contribution is 2.25. The summed E-state index contributed by atoms with van der Waals surface area (Å²) in [5.74, 6) is 1.65. The smallest absolute Gasteiger partial charge is 0.223 e. The van der Waals surface area contributed by atoms with Crippen molar-refractivity contribution in [3.63, 3.8) is 0 Å². The van der Waals surface area contributed by atoms with Gasteiger partial charge in [-0.25, -0.2) is 0 Å². The van der Waals surface area contributed by atoms with Crippen LogP contribution in [0.15, 0.2) is 78.9 Å². The lowest BCUT2D eigenvalue weighted by Gasteiger charge is -2.23. The third kappa shape index (κ3) is 5.85. The molecule has 3 rings (SSSR count). The second kappa shape index (κ2) is 10.3. The van der Waals surface area contributed by atoms with Crippen LogP contribution in [-0.4, -0.2) is 25.0 Å². The maximum Gasteiger partial charge on any atom is 0.223 e. The van der Waals surface area contributed by atoms with E-state index < -0.39 is 0 Å². The highest BCUT2D eigenvalue weighted by Gasteiger charge is 2.16. The molecule has 4 nitrogen and oxygen atoms in total. The maximum atomic E-state index is 13.1. The fourth-order valence-corrected chi connectivity index (χ4v) is 3.32. The molecule has 0 aromatic heterocycles. The Morgan fingerprint density at radius 1 is 0.793 bits per heavy atom. The third-order valence-electron chi connectivity index (χ3n) is 4.88. The lowest BCUT2D eigenvalue weighted by atomic mass is 10.1. The minimum Gasteiger partial charge on any atom is -0.497 e. The van der Waals surface area contributed by atoms with Gasteiger partial charge < -0.3 is 14.4 Å². The van der Waals surface area contributed by atoms with Crippen molar-refractivity contribution in [3.8, 4) is 11.5 Å². The summed E-state index contributed by atoms with van der Waals surface area (Å²) in [5.41, 5.74) is 3.21. The van der Waals surface area contributed by atoms with Crippen LogP contribution < -0.4 is 9.47 Å². The predicted molar refractivity (Wildman–Crippen MR) is 115 cm³/mol. The average molecular weight is 389 g/mol. The molecule has 150 valence electrons. The molecule has 0 aliphatic heterocycles. The van der Waals surface area contributed by atoms with Crippen LogP contribution in [0.2, 0.25) is 0 Å². The minimum atomic E-state index is 0.113. The molecular weight excluding hydrogens is 362 g/mol. The van der Waals surface area contributed by atoms with Crippen molar-refractivity contribution in [2.45, 2.75) is 25.9 Å². The number of carbonyl (C=O) groups excluding carboxylic acids is 1. The standard InChI is InChI=1S/C25H27NO3/c1-28-23-14-15-24(29-2)22(17-23)13-16-25(27)26(18-20-9-5-3-6-10-20)19-21-11-7-4-8-12-21/h3-12,14-15,17H,13,16,18-19H2,1-2H3. The van der Waals surface area contributed by atoms with E-state index >= 15 is 0 Å². The lowest BCUT2D eigenvalue weighted by Crippen LogP contribution is -2.30. The van der Waals surface area contributed by atoms with Crippen molar-refractivity contribution in [2.75, 3.05) is 14.2 Å². The molecule has 0 atom stereocenters. The molecule has 0 bridgehead atoms. The Labute approximate surface area is 172 Å². The number of rotatable bonds is 9. The van der Waals surface area contributed by atoms with Gasteiger partial charge in [0, 0.05) is 19.5 Å². The normalized spacial score (nSPS) is 10.4. The van der Waals surface area contributed by atoms with Crippen LogP contribution in [-0.2, 0) is 24.3 Å². The van der Waals surface area contributed by atoms with Gasteiger partial charge in [0.15, 0.2) is 0 Å². The SMILES string of the molecule is COc1ccc(OC)c(CCC(=O)N(Cc2ccccc2)Cc2ccccc2)c1. The molecule has 0 heterocycles. The maximum absolute atomic E-state index is 13.1. The van der Waals surface area contributed by atoms with Crippen molar-refractivity contribution in [3.05, 3.63) is 95.6 Å². The van der Waals surface area contributed by atoms with E-state index in [0.717, 1.165) is 28.2 Å². The monoisotopic (exact) mass is 389 g/mol. The van der Waals surface area contributed by atoms with Crippen LogP contribution in [0.5, 0.6) is 11.5 Å². The molecule has 4 heteroatoms.